The van der Waals surface area contributed by atoms with Crippen molar-refractivity contribution in [3.05, 3.63) is 34.9 Å². The molecule has 0 aromatic heterocycles. The van der Waals surface area contributed by atoms with Gasteiger partial charge in [0, 0.05) is 16.9 Å². The van der Waals surface area contributed by atoms with Gasteiger partial charge in [-0.1, -0.05) is 12.1 Å². The van der Waals surface area contributed by atoms with Gasteiger partial charge in [-0.15, -0.1) is 0 Å². The summed E-state index contributed by atoms with van der Waals surface area (Å²) in [6, 6.07) is 4.91. The van der Waals surface area contributed by atoms with Crippen molar-refractivity contribution >= 4 is 25.2 Å². The third-order valence-corrected chi connectivity index (χ3v) is 1.94. The molecule has 0 atom stereocenters. The first-order chi connectivity index (χ1) is 5.81. The van der Waals surface area contributed by atoms with Gasteiger partial charge >= 0.3 is 0 Å². The van der Waals surface area contributed by atoms with Crippen molar-refractivity contribution in [3.8, 4) is 0 Å². The van der Waals surface area contributed by atoms with E-state index < -0.39 is 0 Å². The Labute approximate surface area is 76.0 Å². The largest absolute Gasteiger partial charge is 0.298 e. The number of aldehydes is 2. The Morgan fingerprint density at radius 2 is 2.00 bits per heavy atom. The molecule has 0 fully saturated rings. The van der Waals surface area contributed by atoms with E-state index in [2.05, 4.69) is 12.6 Å². The normalized spacial score (nSPS) is 9.42. The molecule has 1 aromatic carbocycles. The van der Waals surface area contributed by atoms with E-state index in [1.807, 2.05) is 0 Å². The predicted octanol–water partition coefficient (Wildman–Crippen LogP) is 1.74. The Hall–Kier alpha value is -1.09. The number of benzene rings is 1. The number of carbonyl (C=O) groups is 2. The third-order valence-electron chi connectivity index (χ3n) is 1.60. The van der Waals surface area contributed by atoms with Gasteiger partial charge in [-0.25, -0.2) is 0 Å². The molecule has 0 N–H and O–H groups in total. The van der Waals surface area contributed by atoms with E-state index in [0.29, 0.717) is 16.9 Å². The standard InChI is InChI=1S/C9H8O2S/c10-4-7-1-2-8(5-11)9(3-7)6-12/h1-5,12H,6H2. The molecule has 0 aliphatic rings. The molecule has 12 heavy (non-hydrogen) atoms. The van der Waals surface area contributed by atoms with Crippen LogP contribution in [0.4, 0.5) is 0 Å². The number of hydrogen-bond acceptors (Lipinski definition) is 3. The van der Waals surface area contributed by atoms with Gasteiger partial charge in [-0.2, -0.15) is 12.6 Å². The number of thiol groups is 1. The van der Waals surface area contributed by atoms with Gasteiger partial charge in [0.1, 0.15) is 12.6 Å². The van der Waals surface area contributed by atoms with Gasteiger partial charge < -0.3 is 0 Å². The molecule has 0 radical (unpaired) electrons. The second-order valence-electron chi connectivity index (χ2n) is 2.35. The lowest BCUT2D eigenvalue weighted by molar-refractivity contribution is 0.111. The predicted molar refractivity (Wildman–Crippen MR) is 49.9 cm³/mol. The smallest absolute Gasteiger partial charge is 0.150 e. The highest BCUT2D eigenvalue weighted by Gasteiger charge is 2.00. The van der Waals surface area contributed by atoms with Crippen LogP contribution in [0.1, 0.15) is 26.3 Å². The molecule has 0 saturated carbocycles. The zero-order valence-electron chi connectivity index (χ0n) is 6.36. The molecule has 62 valence electrons. The lowest BCUT2D eigenvalue weighted by Crippen LogP contribution is -1.91. The molecule has 0 saturated heterocycles. The summed E-state index contributed by atoms with van der Waals surface area (Å²) in [6.07, 6.45) is 1.52. The molecule has 0 spiro atoms. The van der Waals surface area contributed by atoms with E-state index in [-0.39, 0.29) is 0 Å². The topological polar surface area (TPSA) is 34.1 Å². The molecule has 0 amide bonds. The monoisotopic (exact) mass is 180 g/mol. The first kappa shape index (κ1) is 9.00. The first-order valence-corrected chi connectivity index (χ1v) is 4.09. The van der Waals surface area contributed by atoms with Gasteiger partial charge in [0.05, 0.1) is 0 Å². The Bertz CT molecular complexity index is 307. The van der Waals surface area contributed by atoms with Crippen LogP contribution in [0.5, 0.6) is 0 Å². The quantitative estimate of drug-likeness (QED) is 0.568. The molecule has 0 heterocycles. The van der Waals surface area contributed by atoms with Crippen LogP contribution in [-0.4, -0.2) is 12.6 Å². The summed E-state index contributed by atoms with van der Waals surface area (Å²) in [4.78, 5) is 20.8. The summed E-state index contributed by atoms with van der Waals surface area (Å²) in [6.45, 7) is 0. The molecular formula is C9H8O2S. The highest BCUT2D eigenvalue weighted by molar-refractivity contribution is 7.79. The fraction of sp³-hybridized carbons (Fsp3) is 0.111. The molecule has 0 aliphatic heterocycles. The van der Waals surface area contributed by atoms with Crippen LogP contribution in [0.25, 0.3) is 0 Å². The maximum Gasteiger partial charge on any atom is 0.150 e. The molecule has 3 heteroatoms. The van der Waals surface area contributed by atoms with Crippen LogP contribution in [-0.2, 0) is 5.75 Å². The summed E-state index contributed by atoms with van der Waals surface area (Å²) in [7, 11) is 0. The van der Waals surface area contributed by atoms with Crippen LogP contribution in [0, 0.1) is 0 Å². The van der Waals surface area contributed by atoms with Crippen LogP contribution < -0.4 is 0 Å². The average Bonchev–Trinajstić information content (AvgIpc) is 2.16. The molecule has 1 aromatic rings. The van der Waals surface area contributed by atoms with E-state index in [0.717, 1.165) is 18.1 Å². The minimum atomic E-state index is 0.468. The van der Waals surface area contributed by atoms with Crippen molar-refractivity contribution in [1.82, 2.24) is 0 Å². The second-order valence-corrected chi connectivity index (χ2v) is 2.67. The summed E-state index contributed by atoms with van der Waals surface area (Å²) < 4.78 is 0. The Morgan fingerprint density at radius 3 is 2.50 bits per heavy atom. The first-order valence-electron chi connectivity index (χ1n) is 3.46. The third kappa shape index (κ3) is 1.74. The van der Waals surface area contributed by atoms with E-state index in [9.17, 15) is 9.59 Å². The van der Waals surface area contributed by atoms with Gasteiger partial charge in [-0.05, 0) is 11.6 Å². The van der Waals surface area contributed by atoms with Crippen LogP contribution >= 0.6 is 12.6 Å². The van der Waals surface area contributed by atoms with E-state index >= 15 is 0 Å². The highest BCUT2D eigenvalue weighted by Crippen LogP contribution is 2.11. The molecule has 1 rings (SSSR count). The Morgan fingerprint density at radius 1 is 1.25 bits per heavy atom. The molecule has 0 aliphatic carbocycles. The fourth-order valence-corrected chi connectivity index (χ4v) is 1.22. The zero-order chi connectivity index (χ0) is 8.97. The van der Waals surface area contributed by atoms with Crippen molar-refractivity contribution in [1.29, 1.82) is 0 Å². The van der Waals surface area contributed by atoms with Crippen molar-refractivity contribution in [3.63, 3.8) is 0 Å². The Balaban J connectivity index is 3.18. The summed E-state index contributed by atoms with van der Waals surface area (Å²) in [5.74, 6) is 0.468. The van der Waals surface area contributed by atoms with Gasteiger partial charge in [0.15, 0.2) is 0 Å². The van der Waals surface area contributed by atoms with Crippen LogP contribution in [0.2, 0.25) is 0 Å². The van der Waals surface area contributed by atoms with Crippen molar-refractivity contribution in [2.75, 3.05) is 0 Å². The number of hydrogen-bond donors (Lipinski definition) is 1. The average molecular weight is 180 g/mol. The lowest BCUT2D eigenvalue weighted by Gasteiger charge is -2.00. The number of carbonyl (C=O) groups excluding carboxylic acids is 2. The minimum Gasteiger partial charge on any atom is -0.298 e. The molecule has 0 unspecified atom stereocenters. The minimum absolute atomic E-state index is 0.468. The van der Waals surface area contributed by atoms with Crippen molar-refractivity contribution in [2.24, 2.45) is 0 Å². The fourth-order valence-electron chi connectivity index (χ4n) is 0.951. The summed E-state index contributed by atoms with van der Waals surface area (Å²) in [5, 5.41) is 0. The van der Waals surface area contributed by atoms with Crippen LogP contribution in [0.3, 0.4) is 0 Å². The maximum atomic E-state index is 10.5. The SMILES string of the molecule is O=Cc1ccc(C=O)c(CS)c1. The van der Waals surface area contributed by atoms with Crippen molar-refractivity contribution in [2.45, 2.75) is 5.75 Å². The summed E-state index contributed by atoms with van der Waals surface area (Å²) in [5.41, 5.74) is 1.96. The number of rotatable bonds is 3. The van der Waals surface area contributed by atoms with Crippen LogP contribution in [0.15, 0.2) is 18.2 Å². The maximum absolute atomic E-state index is 10.5. The van der Waals surface area contributed by atoms with Crippen molar-refractivity contribution < 1.29 is 9.59 Å². The zero-order valence-corrected chi connectivity index (χ0v) is 7.25. The van der Waals surface area contributed by atoms with E-state index in [1.165, 1.54) is 0 Å². The lowest BCUT2D eigenvalue weighted by atomic mass is 10.1. The second kappa shape index (κ2) is 4.07. The van der Waals surface area contributed by atoms with E-state index in [4.69, 9.17) is 0 Å². The molecule has 0 bridgehead atoms. The Kier molecular flexibility index (Phi) is 3.05. The molecule has 2 nitrogen and oxygen atoms in total. The summed E-state index contributed by atoms with van der Waals surface area (Å²) >= 11 is 4.05. The molecular weight excluding hydrogens is 172 g/mol. The van der Waals surface area contributed by atoms with Gasteiger partial charge in [0.25, 0.3) is 0 Å². The van der Waals surface area contributed by atoms with E-state index in [1.54, 1.807) is 18.2 Å². The van der Waals surface area contributed by atoms with Gasteiger partial charge in [0.2, 0.25) is 0 Å². The van der Waals surface area contributed by atoms with Gasteiger partial charge in [-0.3, -0.25) is 9.59 Å². The highest BCUT2D eigenvalue weighted by atomic mass is 32.1.